The second-order valence-corrected chi connectivity index (χ2v) is 13.6. The van der Waals surface area contributed by atoms with Crippen LogP contribution >= 0.6 is 11.6 Å². The van der Waals surface area contributed by atoms with E-state index >= 15 is 4.39 Å². The number of halogens is 2. The smallest absolute Gasteiger partial charge is 0.319 e. The van der Waals surface area contributed by atoms with E-state index in [1.807, 2.05) is 24.3 Å². The first kappa shape index (κ1) is 28.2. The van der Waals surface area contributed by atoms with Crippen molar-refractivity contribution in [3.05, 3.63) is 53.3 Å². The third-order valence-corrected chi connectivity index (χ3v) is 9.97. The zero-order chi connectivity index (χ0) is 30.0. The minimum Gasteiger partial charge on any atom is -0.508 e. The first-order valence-electron chi connectivity index (χ1n) is 15.8. The minimum absolute atomic E-state index is 0.0415. The summed E-state index contributed by atoms with van der Waals surface area (Å²) < 4.78 is 29.0. The lowest BCUT2D eigenvalue weighted by atomic mass is 9.96. The van der Waals surface area contributed by atoms with Gasteiger partial charge >= 0.3 is 6.01 Å². The van der Waals surface area contributed by atoms with Crippen LogP contribution in [0.2, 0.25) is 5.02 Å². The van der Waals surface area contributed by atoms with Crippen LogP contribution in [-0.2, 0) is 4.74 Å². The van der Waals surface area contributed by atoms with Gasteiger partial charge in [0, 0.05) is 61.7 Å². The summed E-state index contributed by atoms with van der Waals surface area (Å²) in [5.41, 5.74) is 0.964. The molecule has 10 heteroatoms. The minimum atomic E-state index is -0.550. The number of piperazine rings is 1. The number of hydrogen-bond acceptors (Lipinski definition) is 8. The monoisotopic (exact) mass is 617 g/mol. The molecule has 3 atom stereocenters. The Morgan fingerprint density at radius 1 is 1.14 bits per heavy atom. The van der Waals surface area contributed by atoms with E-state index in [0.717, 1.165) is 75.8 Å². The van der Waals surface area contributed by atoms with Crippen molar-refractivity contribution < 1.29 is 19.0 Å². The lowest BCUT2D eigenvalue weighted by molar-refractivity contribution is -0.0507. The standard InChI is InChI=1S/C34H37ClFN5O3/c1-20(15-40-10-11-44-34(19-40)8-9-34)18-43-33-38-31-27(32(39-33)41-16-22-6-7-23(17-41)37-22)14-28(35)29(30(31)36)26-13-24(42)12-21-4-2-3-5-25(21)26/h2-5,12-14,20,22-23,37,42H,6-11,15-19H2,1H3/t20-,22?,23?/m1/s1. The topological polar surface area (TPSA) is 83.0 Å². The van der Waals surface area contributed by atoms with Gasteiger partial charge in [0.2, 0.25) is 0 Å². The van der Waals surface area contributed by atoms with E-state index in [9.17, 15) is 5.11 Å². The number of hydrogen-bond donors (Lipinski definition) is 2. The van der Waals surface area contributed by atoms with Crippen LogP contribution in [0.15, 0.2) is 42.5 Å². The molecule has 4 aliphatic rings. The lowest BCUT2D eigenvalue weighted by Crippen LogP contribution is -2.51. The first-order valence-corrected chi connectivity index (χ1v) is 16.1. The normalized spacial score (nSPS) is 23.5. The molecule has 2 bridgehead atoms. The molecule has 0 radical (unpaired) electrons. The molecule has 8 nitrogen and oxygen atoms in total. The van der Waals surface area contributed by atoms with Gasteiger partial charge in [0.25, 0.3) is 0 Å². The zero-order valence-electron chi connectivity index (χ0n) is 24.9. The van der Waals surface area contributed by atoms with Gasteiger partial charge in [-0.25, -0.2) is 4.39 Å². The number of fused-ring (bicyclic) bond motifs is 4. The summed E-state index contributed by atoms with van der Waals surface area (Å²) in [5, 5.41) is 16.6. The molecule has 4 heterocycles. The maximum absolute atomic E-state index is 16.8. The van der Waals surface area contributed by atoms with Crippen LogP contribution in [0.5, 0.6) is 11.8 Å². The third kappa shape index (κ3) is 5.23. The average Bonchev–Trinajstić information content (AvgIpc) is 3.66. The van der Waals surface area contributed by atoms with Crippen molar-refractivity contribution in [1.82, 2.24) is 20.2 Å². The van der Waals surface area contributed by atoms with E-state index in [1.54, 1.807) is 18.2 Å². The number of benzene rings is 3. The molecule has 230 valence electrons. The Bertz CT molecular complexity index is 1740. The van der Waals surface area contributed by atoms with Crippen LogP contribution in [0.3, 0.4) is 0 Å². The molecule has 4 aromatic rings. The highest BCUT2D eigenvalue weighted by atomic mass is 35.5. The fourth-order valence-corrected chi connectivity index (χ4v) is 7.71. The molecule has 44 heavy (non-hydrogen) atoms. The molecular weight excluding hydrogens is 581 g/mol. The Kier molecular flexibility index (Phi) is 7.05. The summed E-state index contributed by atoms with van der Waals surface area (Å²) in [6.45, 7) is 7.69. The SMILES string of the molecule is C[C@@H](COc1nc(N2CC3CCC(C2)N3)c2cc(Cl)c(-c3cc(O)cc4ccccc34)c(F)c2n1)CN1CCOC2(CC2)C1. The molecule has 3 aromatic carbocycles. The summed E-state index contributed by atoms with van der Waals surface area (Å²) in [6.07, 6.45) is 4.51. The second kappa shape index (κ2) is 11.0. The van der Waals surface area contributed by atoms with Gasteiger partial charge in [-0.3, -0.25) is 4.90 Å². The van der Waals surface area contributed by atoms with E-state index in [4.69, 9.17) is 26.1 Å². The van der Waals surface area contributed by atoms with Gasteiger partial charge in [0.1, 0.15) is 17.1 Å². The molecule has 2 N–H and O–H groups in total. The number of aromatic hydroxyl groups is 1. The molecule has 1 aliphatic carbocycles. The van der Waals surface area contributed by atoms with E-state index < -0.39 is 5.82 Å². The summed E-state index contributed by atoms with van der Waals surface area (Å²) in [4.78, 5) is 14.2. The highest BCUT2D eigenvalue weighted by Gasteiger charge is 2.47. The molecule has 8 rings (SSSR count). The van der Waals surface area contributed by atoms with Gasteiger partial charge < -0.3 is 24.8 Å². The van der Waals surface area contributed by atoms with E-state index in [1.165, 1.54) is 0 Å². The van der Waals surface area contributed by atoms with Crippen LogP contribution in [0.1, 0.15) is 32.6 Å². The Morgan fingerprint density at radius 2 is 1.93 bits per heavy atom. The number of anilines is 1. The Hall–Kier alpha value is -3.24. The first-order chi connectivity index (χ1) is 21.3. The predicted molar refractivity (Wildman–Crippen MR) is 170 cm³/mol. The van der Waals surface area contributed by atoms with E-state index in [2.05, 4.69) is 27.0 Å². The molecule has 4 fully saturated rings. The number of phenols is 1. The van der Waals surface area contributed by atoms with Crippen LogP contribution in [-0.4, -0.2) is 83.6 Å². The quantitative estimate of drug-likeness (QED) is 0.271. The van der Waals surface area contributed by atoms with Crippen molar-refractivity contribution in [2.45, 2.75) is 50.3 Å². The number of aromatic nitrogens is 2. The molecule has 0 amide bonds. The molecule has 2 unspecified atom stereocenters. The van der Waals surface area contributed by atoms with Crippen molar-refractivity contribution in [1.29, 1.82) is 0 Å². The number of morpholine rings is 1. The Labute approximate surface area is 261 Å². The van der Waals surface area contributed by atoms with Crippen LogP contribution in [0.4, 0.5) is 10.2 Å². The molecule has 1 spiro atoms. The second-order valence-electron chi connectivity index (χ2n) is 13.2. The van der Waals surface area contributed by atoms with Gasteiger partial charge in [0.05, 0.1) is 23.8 Å². The summed E-state index contributed by atoms with van der Waals surface area (Å²) >= 11 is 6.88. The molecular formula is C34H37ClFN5O3. The number of nitrogens with zero attached hydrogens (tertiary/aromatic N) is 4. The van der Waals surface area contributed by atoms with Crippen molar-refractivity contribution in [2.75, 3.05) is 50.8 Å². The summed E-state index contributed by atoms with van der Waals surface area (Å²) in [5.74, 6) is 0.366. The third-order valence-electron chi connectivity index (χ3n) is 9.68. The van der Waals surface area contributed by atoms with Crippen LogP contribution in [0, 0.1) is 11.7 Å². The van der Waals surface area contributed by atoms with Gasteiger partial charge in [-0.05, 0) is 60.2 Å². The van der Waals surface area contributed by atoms with E-state index in [-0.39, 0.29) is 39.4 Å². The molecule has 1 saturated carbocycles. The number of rotatable bonds is 7. The fourth-order valence-electron chi connectivity index (χ4n) is 7.42. The van der Waals surface area contributed by atoms with Gasteiger partial charge in [0.15, 0.2) is 5.82 Å². The average molecular weight is 618 g/mol. The van der Waals surface area contributed by atoms with Crippen molar-refractivity contribution in [3.63, 3.8) is 0 Å². The van der Waals surface area contributed by atoms with Crippen molar-refractivity contribution in [2.24, 2.45) is 5.92 Å². The molecule has 3 saturated heterocycles. The van der Waals surface area contributed by atoms with Gasteiger partial charge in [-0.1, -0.05) is 42.8 Å². The predicted octanol–water partition coefficient (Wildman–Crippen LogP) is 5.77. The highest BCUT2D eigenvalue weighted by Crippen LogP contribution is 2.44. The largest absolute Gasteiger partial charge is 0.508 e. The Balaban J connectivity index is 1.17. The molecule has 3 aliphatic heterocycles. The zero-order valence-corrected chi connectivity index (χ0v) is 25.6. The van der Waals surface area contributed by atoms with Gasteiger partial charge in [-0.2, -0.15) is 9.97 Å². The number of phenolic OH excluding ortho intramolecular Hbond substituents is 1. The van der Waals surface area contributed by atoms with Crippen LogP contribution < -0.4 is 15.0 Å². The number of ether oxygens (including phenoxy) is 2. The fraction of sp³-hybridized carbons (Fsp3) is 0.471. The summed E-state index contributed by atoms with van der Waals surface area (Å²) in [7, 11) is 0. The lowest BCUT2D eigenvalue weighted by Gasteiger charge is -2.35. The van der Waals surface area contributed by atoms with Crippen LogP contribution in [0.25, 0.3) is 32.8 Å². The van der Waals surface area contributed by atoms with Crippen molar-refractivity contribution in [3.8, 4) is 22.9 Å². The van der Waals surface area contributed by atoms with Crippen molar-refractivity contribution >= 4 is 39.1 Å². The van der Waals surface area contributed by atoms with Gasteiger partial charge in [-0.15, -0.1) is 0 Å². The highest BCUT2D eigenvalue weighted by molar-refractivity contribution is 6.35. The maximum atomic E-state index is 16.8. The maximum Gasteiger partial charge on any atom is 0.319 e. The van der Waals surface area contributed by atoms with E-state index in [0.29, 0.717) is 35.5 Å². The summed E-state index contributed by atoms with van der Waals surface area (Å²) in [6, 6.07) is 13.5. The number of nitrogens with one attached hydrogen (secondary N) is 1. The molecule has 1 aromatic heterocycles. The Morgan fingerprint density at radius 3 is 2.73 bits per heavy atom.